The normalized spacial score (nSPS) is 22.3. The van der Waals surface area contributed by atoms with Crippen molar-refractivity contribution < 1.29 is 24.0 Å². The van der Waals surface area contributed by atoms with Crippen molar-refractivity contribution in [1.29, 1.82) is 0 Å². The number of nitro groups is 1. The number of hydrogen-bond acceptors (Lipinski definition) is 7. The van der Waals surface area contributed by atoms with Crippen molar-refractivity contribution in [3.63, 3.8) is 0 Å². The van der Waals surface area contributed by atoms with E-state index in [0.717, 1.165) is 5.69 Å². The van der Waals surface area contributed by atoms with Crippen molar-refractivity contribution >= 4 is 23.4 Å². The van der Waals surface area contributed by atoms with E-state index in [1.165, 1.54) is 13.2 Å². The van der Waals surface area contributed by atoms with Crippen LogP contribution in [0.15, 0.2) is 18.2 Å². The van der Waals surface area contributed by atoms with E-state index in [-0.39, 0.29) is 17.8 Å². The molecule has 152 valence electrons. The number of anilines is 1. The average molecular weight is 392 g/mol. The van der Waals surface area contributed by atoms with Crippen LogP contribution in [0.25, 0.3) is 0 Å². The van der Waals surface area contributed by atoms with Gasteiger partial charge in [-0.3, -0.25) is 14.9 Å². The number of ether oxygens (including phenoxy) is 2. The number of methoxy groups -OCH3 is 1. The lowest BCUT2D eigenvalue weighted by Gasteiger charge is -2.34. The lowest BCUT2D eigenvalue weighted by molar-refractivity contribution is -0.385. The van der Waals surface area contributed by atoms with Crippen LogP contribution in [-0.2, 0) is 14.3 Å². The van der Waals surface area contributed by atoms with Gasteiger partial charge in [-0.05, 0) is 26.0 Å². The molecule has 0 saturated carbocycles. The predicted molar refractivity (Wildman–Crippen MR) is 100 cm³/mol. The third-order valence-corrected chi connectivity index (χ3v) is 5.17. The molecule has 0 aliphatic carbocycles. The second-order valence-corrected chi connectivity index (χ2v) is 6.89. The van der Waals surface area contributed by atoms with E-state index in [4.69, 9.17) is 9.47 Å². The van der Waals surface area contributed by atoms with Crippen molar-refractivity contribution in [2.24, 2.45) is 0 Å². The minimum absolute atomic E-state index is 0.0626. The van der Waals surface area contributed by atoms with Gasteiger partial charge >= 0.3 is 6.09 Å². The minimum atomic E-state index is -0.616. The Morgan fingerprint density at radius 3 is 2.43 bits per heavy atom. The van der Waals surface area contributed by atoms with Crippen LogP contribution < -0.4 is 4.90 Å². The van der Waals surface area contributed by atoms with Crippen LogP contribution in [0.1, 0.15) is 12.5 Å². The number of piperazine rings is 1. The Kier molecular flexibility index (Phi) is 5.68. The van der Waals surface area contributed by atoms with Crippen molar-refractivity contribution in [1.82, 2.24) is 9.80 Å². The summed E-state index contributed by atoms with van der Waals surface area (Å²) in [5.74, 6) is -0.113. The van der Waals surface area contributed by atoms with Gasteiger partial charge in [0, 0.05) is 43.5 Å². The van der Waals surface area contributed by atoms with Gasteiger partial charge in [-0.25, -0.2) is 4.79 Å². The molecule has 2 fully saturated rings. The molecule has 0 aromatic heterocycles. The molecule has 1 aromatic rings. The standard InChI is InChI=1S/C18H24N4O6/c1-12-10-14(4-5-15(12)22(25)26)21-11-16(28-13(21)2)17(23)19-6-8-20(9-7-19)18(24)27-3/h4-5,10,13,16H,6-9,11H2,1-3H3/t13-,16+/m1/s1. The number of rotatable bonds is 3. The lowest BCUT2D eigenvalue weighted by Crippen LogP contribution is -2.53. The second kappa shape index (κ2) is 8.01. The van der Waals surface area contributed by atoms with E-state index < -0.39 is 17.1 Å². The highest BCUT2D eigenvalue weighted by Crippen LogP contribution is 2.29. The van der Waals surface area contributed by atoms with E-state index in [9.17, 15) is 19.7 Å². The third kappa shape index (κ3) is 3.86. The molecule has 0 radical (unpaired) electrons. The largest absolute Gasteiger partial charge is 0.453 e. The zero-order valence-corrected chi connectivity index (χ0v) is 16.2. The SMILES string of the molecule is COC(=O)N1CCN(C(=O)[C@@H]2CN(c3ccc([N+](=O)[O-])c(C)c3)[C@@H](C)O2)CC1. The van der Waals surface area contributed by atoms with Gasteiger partial charge in [0.05, 0.1) is 18.6 Å². The van der Waals surface area contributed by atoms with Gasteiger partial charge in [0.15, 0.2) is 6.10 Å². The van der Waals surface area contributed by atoms with Gasteiger partial charge in [0.1, 0.15) is 6.23 Å². The summed E-state index contributed by atoms with van der Waals surface area (Å²) in [6.45, 7) is 5.61. The molecule has 10 nitrogen and oxygen atoms in total. The molecule has 2 aliphatic rings. The number of carbonyl (C=O) groups excluding carboxylic acids is 2. The molecule has 2 amide bonds. The Morgan fingerprint density at radius 2 is 1.86 bits per heavy atom. The van der Waals surface area contributed by atoms with E-state index in [0.29, 0.717) is 38.3 Å². The quantitative estimate of drug-likeness (QED) is 0.565. The van der Waals surface area contributed by atoms with Crippen LogP contribution >= 0.6 is 0 Å². The summed E-state index contributed by atoms with van der Waals surface area (Å²) >= 11 is 0. The van der Waals surface area contributed by atoms with Crippen LogP contribution in [-0.4, -0.2) is 78.9 Å². The molecular formula is C18H24N4O6. The molecule has 0 spiro atoms. The van der Waals surface area contributed by atoms with Crippen molar-refractivity contribution in [3.8, 4) is 0 Å². The summed E-state index contributed by atoms with van der Waals surface area (Å²) in [7, 11) is 1.34. The summed E-state index contributed by atoms with van der Waals surface area (Å²) in [6, 6.07) is 4.88. The number of hydrogen-bond donors (Lipinski definition) is 0. The van der Waals surface area contributed by atoms with E-state index in [1.807, 2.05) is 11.8 Å². The highest BCUT2D eigenvalue weighted by molar-refractivity contribution is 5.82. The average Bonchev–Trinajstić information content (AvgIpc) is 3.08. The topological polar surface area (TPSA) is 105 Å². The highest BCUT2D eigenvalue weighted by atomic mass is 16.6. The maximum absolute atomic E-state index is 12.8. The van der Waals surface area contributed by atoms with E-state index in [1.54, 1.807) is 28.9 Å². The molecule has 2 atom stereocenters. The van der Waals surface area contributed by atoms with Gasteiger partial charge in [-0.15, -0.1) is 0 Å². The van der Waals surface area contributed by atoms with Crippen molar-refractivity contribution in [3.05, 3.63) is 33.9 Å². The third-order valence-electron chi connectivity index (χ3n) is 5.17. The minimum Gasteiger partial charge on any atom is -0.453 e. The molecule has 3 rings (SSSR count). The van der Waals surface area contributed by atoms with Gasteiger partial charge in [-0.1, -0.05) is 0 Å². The van der Waals surface area contributed by atoms with Gasteiger partial charge in [0.2, 0.25) is 0 Å². The summed E-state index contributed by atoms with van der Waals surface area (Å²) in [5, 5.41) is 11.0. The van der Waals surface area contributed by atoms with Gasteiger partial charge < -0.3 is 24.2 Å². The fourth-order valence-corrected chi connectivity index (χ4v) is 3.60. The molecule has 10 heteroatoms. The van der Waals surface area contributed by atoms with Crippen LogP contribution in [0.5, 0.6) is 0 Å². The highest BCUT2D eigenvalue weighted by Gasteiger charge is 2.38. The lowest BCUT2D eigenvalue weighted by atomic mass is 10.1. The monoisotopic (exact) mass is 392 g/mol. The first kappa shape index (κ1) is 19.9. The first-order valence-electron chi connectivity index (χ1n) is 9.10. The number of nitrogens with zero attached hydrogens (tertiary/aromatic N) is 4. The Morgan fingerprint density at radius 1 is 1.21 bits per heavy atom. The fourth-order valence-electron chi connectivity index (χ4n) is 3.60. The predicted octanol–water partition coefficient (Wildman–Crippen LogP) is 1.37. The number of amides is 2. The van der Waals surface area contributed by atoms with Crippen LogP contribution in [0.3, 0.4) is 0 Å². The second-order valence-electron chi connectivity index (χ2n) is 6.89. The number of aryl methyl sites for hydroxylation is 1. The first-order valence-corrected chi connectivity index (χ1v) is 9.10. The Bertz CT molecular complexity index is 777. The fraction of sp³-hybridized carbons (Fsp3) is 0.556. The van der Waals surface area contributed by atoms with E-state index >= 15 is 0 Å². The number of benzene rings is 1. The summed E-state index contributed by atoms with van der Waals surface area (Å²) in [4.78, 5) is 40.2. The van der Waals surface area contributed by atoms with Gasteiger partial charge in [-0.2, -0.15) is 0 Å². The first-order chi connectivity index (χ1) is 13.3. The Labute approximate surface area is 162 Å². The van der Waals surface area contributed by atoms with Gasteiger partial charge in [0.25, 0.3) is 11.6 Å². The molecule has 2 aliphatic heterocycles. The number of carbonyl (C=O) groups is 2. The molecule has 1 aromatic carbocycles. The Hall–Kier alpha value is -2.88. The summed E-state index contributed by atoms with van der Waals surface area (Å²) in [5.41, 5.74) is 1.40. The molecule has 2 heterocycles. The zero-order chi connectivity index (χ0) is 20.4. The zero-order valence-electron chi connectivity index (χ0n) is 16.2. The molecule has 0 unspecified atom stereocenters. The summed E-state index contributed by atoms with van der Waals surface area (Å²) in [6.07, 6.45) is -1.33. The maximum atomic E-state index is 12.8. The number of nitro benzene ring substituents is 1. The maximum Gasteiger partial charge on any atom is 0.409 e. The van der Waals surface area contributed by atoms with Crippen molar-refractivity contribution in [2.75, 3.05) is 44.7 Å². The smallest absolute Gasteiger partial charge is 0.409 e. The Balaban J connectivity index is 1.64. The van der Waals surface area contributed by atoms with Crippen LogP contribution in [0, 0.1) is 17.0 Å². The van der Waals surface area contributed by atoms with Crippen LogP contribution in [0.4, 0.5) is 16.2 Å². The molecule has 0 bridgehead atoms. The van der Waals surface area contributed by atoms with E-state index in [2.05, 4.69) is 0 Å². The molecular weight excluding hydrogens is 368 g/mol. The molecule has 0 N–H and O–H groups in total. The molecule has 2 saturated heterocycles. The summed E-state index contributed by atoms with van der Waals surface area (Å²) < 4.78 is 10.6. The van der Waals surface area contributed by atoms with Crippen molar-refractivity contribution in [2.45, 2.75) is 26.2 Å². The molecule has 28 heavy (non-hydrogen) atoms. The van der Waals surface area contributed by atoms with Crippen LogP contribution in [0.2, 0.25) is 0 Å².